The Labute approximate surface area is 153 Å². The molecule has 0 spiro atoms. The summed E-state index contributed by atoms with van der Waals surface area (Å²) in [5, 5.41) is 4.41. The number of nitrogens with zero attached hydrogens (tertiary/aromatic N) is 3. The van der Waals surface area contributed by atoms with Gasteiger partial charge in [-0.05, 0) is 64.2 Å². The molecule has 6 heteroatoms. The van der Waals surface area contributed by atoms with Gasteiger partial charge in [-0.3, -0.25) is 4.79 Å². The average molecular weight is 402 g/mol. The highest BCUT2D eigenvalue weighted by Crippen LogP contribution is 2.34. The van der Waals surface area contributed by atoms with Crippen LogP contribution in [0.15, 0.2) is 47.1 Å². The normalized spacial score (nSPS) is 16.9. The van der Waals surface area contributed by atoms with Crippen LogP contribution < -0.4 is 0 Å². The van der Waals surface area contributed by atoms with Gasteiger partial charge in [0.2, 0.25) is 0 Å². The van der Waals surface area contributed by atoms with Crippen molar-refractivity contribution in [3.63, 3.8) is 0 Å². The first kappa shape index (κ1) is 16.3. The second-order valence-corrected chi connectivity index (χ2v) is 7.14. The number of aromatic nitrogens is 2. The van der Waals surface area contributed by atoms with E-state index in [4.69, 9.17) is 0 Å². The van der Waals surface area contributed by atoms with Crippen molar-refractivity contribution in [2.45, 2.75) is 25.8 Å². The lowest BCUT2D eigenvalue weighted by molar-refractivity contribution is 0.0647. The molecule has 1 unspecified atom stereocenters. The van der Waals surface area contributed by atoms with E-state index in [9.17, 15) is 9.18 Å². The minimum Gasteiger partial charge on any atom is -0.330 e. The molecule has 1 atom stereocenters. The first-order valence-corrected chi connectivity index (χ1v) is 9.11. The zero-order valence-corrected chi connectivity index (χ0v) is 15.3. The Kier molecular flexibility index (Phi) is 4.07. The standard InChI is InChI=1S/C19H17BrFN3O/c1-2-18-15-4-3-5-16(21)14(15)8-9-23(18)19(25)17-10-13-7-6-12(20)11-24(13)22-17/h3-7,10-11,18H,2,8-9H2,1H3. The molecule has 4 rings (SSSR count). The summed E-state index contributed by atoms with van der Waals surface area (Å²) < 4.78 is 16.7. The zero-order valence-electron chi connectivity index (χ0n) is 13.7. The quantitative estimate of drug-likeness (QED) is 0.638. The summed E-state index contributed by atoms with van der Waals surface area (Å²) in [6, 6.07) is 10.6. The van der Waals surface area contributed by atoms with Crippen LogP contribution in [0, 0.1) is 5.82 Å². The number of rotatable bonds is 2. The molecule has 1 amide bonds. The minimum atomic E-state index is -0.180. The van der Waals surface area contributed by atoms with E-state index in [0.29, 0.717) is 18.7 Å². The summed E-state index contributed by atoms with van der Waals surface area (Å²) in [6.45, 7) is 2.52. The molecule has 0 saturated carbocycles. The van der Waals surface area contributed by atoms with E-state index >= 15 is 0 Å². The van der Waals surface area contributed by atoms with Gasteiger partial charge in [0, 0.05) is 17.2 Å². The van der Waals surface area contributed by atoms with Crippen LogP contribution in [0.5, 0.6) is 0 Å². The van der Waals surface area contributed by atoms with Crippen LogP contribution >= 0.6 is 15.9 Å². The number of benzene rings is 1. The fraction of sp³-hybridized carbons (Fsp3) is 0.263. The van der Waals surface area contributed by atoms with Crippen LogP contribution in [-0.2, 0) is 6.42 Å². The van der Waals surface area contributed by atoms with Gasteiger partial charge in [-0.1, -0.05) is 19.1 Å². The molecule has 3 aromatic rings. The predicted molar refractivity (Wildman–Crippen MR) is 97.1 cm³/mol. The molecular weight excluding hydrogens is 385 g/mol. The van der Waals surface area contributed by atoms with E-state index in [1.807, 2.05) is 36.2 Å². The Morgan fingerprint density at radius 1 is 1.36 bits per heavy atom. The second-order valence-electron chi connectivity index (χ2n) is 6.23. The number of amides is 1. The molecule has 1 aromatic carbocycles. The van der Waals surface area contributed by atoms with Crippen LogP contribution in [0.1, 0.15) is 41.0 Å². The van der Waals surface area contributed by atoms with Crippen LogP contribution in [-0.4, -0.2) is 27.0 Å². The molecule has 0 radical (unpaired) electrons. The third-order valence-electron chi connectivity index (χ3n) is 4.78. The number of carbonyl (C=O) groups is 1. The maximum atomic E-state index is 14.1. The lowest BCUT2D eigenvalue weighted by atomic mass is 9.90. The first-order valence-electron chi connectivity index (χ1n) is 8.31. The fourth-order valence-electron chi connectivity index (χ4n) is 3.60. The van der Waals surface area contributed by atoms with Gasteiger partial charge >= 0.3 is 0 Å². The lowest BCUT2D eigenvalue weighted by Crippen LogP contribution is -2.40. The molecule has 1 aliphatic heterocycles. The summed E-state index contributed by atoms with van der Waals surface area (Å²) in [5.74, 6) is -0.290. The molecule has 1 aliphatic rings. The molecule has 128 valence electrons. The molecule has 0 bridgehead atoms. The van der Waals surface area contributed by atoms with Crippen molar-refractivity contribution in [2.75, 3.05) is 6.54 Å². The summed E-state index contributed by atoms with van der Waals surface area (Å²) in [4.78, 5) is 14.9. The van der Waals surface area contributed by atoms with Gasteiger partial charge in [0.1, 0.15) is 5.82 Å². The third kappa shape index (κ3) is 2.74. The number of halogens is 2. The Morgan fingerprint density at radius 2 is 2.20 bits per heavy atom. The van der Waals surface area contributed by atoms with E-state index in [1.54, 1.807) is 16.6 Å². The molecular formula is C19H17BrFN3O. The van der Waals surface area contributed by atoms with Gasteiger partial charge in [0.05, 0.1) is 11.6 Å². The van der Waals surface area contributed by atoms with Gasteiger partial charge < -0.3 is 4.90 Å². The highest BCUT2D eigenvalue weighted by molar-refractivity contribution is 9.10. The average Bonchev–Trinajstić information content (AvgIpc) is 3.03. The molecule has 3 heterocycles. The van der Waals surface area contributed by atoms with Gasteiger partial charge in [-0.2, -0.15) is 5.10 Å². The van der Waals surface area contributed by atoms with E-state index < -0.39 is 0 Å². The number of hydrogen-bond donors (Lipinski definition) is 0. The van der Waals surface area contributed by atoms with E-state index in [1.165, 1.54) is 6.07 Å². The van der Waals surface area contributed by atoms with Crippen molar-refractivity contribution in [1.29, 1.82) is 0 Å². The van der Waals surface area contributed by atoms with Crippen LogP contribution in [0.25, 0.3) is 5.52 Å². The lowest BCUT2D eigenvalue weighted by Gasteiger charge is -2.36. The Bertz CT molecular complexity index is 968. The highest BCUT2D eigenvalue weighted by Gasteiger charge is 2.32. The van der Waals surface area contributed by atoms with E-state index in [-0.39, 0.29) is 17.8 Å². The topological polar surface area (TPSA) is 37.6 Å². The fourth-order valence-corrected chi connectivity index (χ4v) is 3.93. The second kappa shape index (κ2) is 6.26. The maximum Gasteiger partial charge on any atom is 0.274 e. The predicted octanol–water partition coefficient (Wildman–Crippen LogP) is 4.39. The molecule has 25 heavy (non-hydrogen) atoms. The number of fused-ring (bicyclic) bond motifs is 2. The summed E-state index contributed by atoms with van der Waals surface area (Å²) >= 11 is 3.41. The summed E-state index contributed by atoms with van der Waals surface area (Å²) in [6.07, 6.45) is 3.09. The third-order valence-corrected chi connectivity index (χ3v) is 5.25. The molecule has 2 aromatic heterocycles. The van der Waals surface area contributed by atoms with Gasteiger partial charge in [-0.15, -0.1) is 0 Å². The van der Waals surface area contributed by atoms with Gasteiger partial charge in [0.15, 0.2) is 5.69 Å². The first-order chi connectivity index (χ1) is 12.1. The van der Waals surface area contributed by atoms with Crippen LogP contribution in [0.4, 0.5) is 4.39 Å². The van der Waals surface area contributed by atoms with Crippen molar-refractivity contribution < 1.29 is 9.18 Å². The van der Waals surface area contributed by atoms with Crippen LogP contribution in [0.3, 0.4) is 0 Å². The van der Waals surface area contributed by atoms with Crippen molar-refractivity contribution in [1.82, 2.24) is 14.5 Å². The maximum absolute atomic E-state index is 14.1. The Hall–Kier alpha value is -2.21. The zero-order chi connectivity index (χ0) is 17.6. The Balaban J connectivity index is 1.71. The molecule has 0 aliphatic carbocycles. The monoisotopic (exact) mass is 401 g/mol. The van der Waals surface area contributed by atoms with E-state index in [0.717, 1.165) is 27.5 Å². The van der Waals surface area contributed by atoms with Crippen molar-refractivity contribution in [3.8, 4) is 0 Å². The summed E-state index contributed by atoms with van der Waals surface area (Å²) in [5.41, 5.74) is 2.92. The largest absolute Gasteiger partial charge is 0.330 e. The highest BCUT2D eigenvalue weighted by atomic mass is 79.9. The molecule has 0 N–H and O–H groups in total. The molecule has 0 saturated heterocycles. The van der Waals surface area contributed by atoms with Gasteiger partial charge in [-0.25, -0.2) is 8.91 Å². The smallest absolute Gasteiger partial charge is 0.274 e. The van der Waals surface area contributed by atoms with Gasteiger partial charge in [0.25, 0.3) is 5.91 Å². The summed E-state index contributed by atoms with van der Waals surface area (Å²) in [7, 11) is 0. The molecule has 4 nitrogen and oxygen atoms in total. The van der Waals surface area contributed by atoms with Crippen molar-refractivity contribution >= 4 is 27.4 Å². The Morgan fingerprint density at radius 3 is 3.00 bits per heavy atom. The SMILES string of the molecule is CCC1c2cccc(F)c2CCN1C(=O)c1cc2ccc(Br)cn2n1. The number of hydrogen-bond acceptors (Lipinski definition) is 2. The van der Waals surface area contributed by atoms with E-state index in [2.05, 4.69) is 21.0 Å². The van der Waals surface area contributed by atoms with Crippen molar-refractivity contribution in [2.24, 2.45) is 0 Å². The number of pyridine rings is 1. The molecule has 0 fully saturated rings. The van der Waals surface area contributed by atoms with Crippen molar-refractivity contribution in [3.05, 3.63) is 69.7 Å². The number of carbonyl (C=O) groups excluding carboxylic acids is 1. The minimum absolute atomic E-state index is 0.110. The van der Waals surface area contributed by atoms with Crippen LogP contribution in [0.2, 0.25) is 0 Å².